The van der Waals surface area contributed by atoms with E-state index in [0.717, 1.165) is 0 Å². The van der Waals surface area contributed by atoms with Crippen molar-refractivity contribution < 1.29 is 17.2 Å². The van der Waals surface area contributed by atoms with Crippen molar-refractivity contribution in [2.24, 2.45) is 5.92 Å². The molecule has 4 nitrogen and oxygen atoms in total. The highest BCUT2D eigenvalue weighted by molar-refractivity contribution is 7.80. The highest BCUT2D eigenvalue weighted by Crippen LogP contribution is 1.95. The number of hydrogen-bond donors (Lipinski definition) is 1. The third-order valence-corrected chi connectivity index (χ3v) is 0.984. The minimum absolute atomic E-state index is 0.0266. The Kier molecular flexibility index (Phi) is 3.10. The zero-order valence-electron chi connectivity index (χ0n) is 5.36. The maximum Gasteiger partial charge on any atom is 0.397 e. The van der Waals surface area contributed by atoms with E-state index in [1.807, 2.05) is 0 Å². The van der Waals surface area contributed by atoms with Gasteiger partial charge in [0.15, 0.2) is 0 Å². The van der Waals surface area contributed by atoms with Crippen LogP contribution in [0.15, 0.2) is 0 Å². The zero-order valence-corrected chi connectivity index (χ0v) is 6.18. The third kappa shape index (κ3) is 7.87. The van der Waals surface area contributed by atoms with E-state index in [1.165, 1.54) is 0 Å². The van der Waals surface area contributed by atoms with Crippen molar-refractivity contribution in [1.29, 1.82) is 0 Å². The molecular formula is C4H10O4S. The summed E-state index contributed by atoms with van der Waals surface area (Å²) < 4.78 is 31.8. The first-order valence-corrected chi connectivity index (χ1v) is 3.90. The maximum absolute atomic E-state index is 9.87. The van der Waals surface area contributed by atoms with Gasteiger partial charge >= 0.3 is 10.4 Å². The van der Waals surface area contributed by atoms with Gasteiger partial charge in [0.25, 0.3) is 0 Å². The average molecular weight is 154 g/mol. The van der Waals surface area contributed by atoms with Crippen LogP contribution in [-0.4, -0.2) is 19.6 Å². The molecule has 0 heterocycles. The minimum atomic E-state index is -4.22. The van der Waals surface area contributed by atoms with E-state index in [-0.39, 0.29) is 12.5 Å². The van der Waals surface area contributed by atoms with Crippen LogP contribution in [0.1, 0.15) is 13.8 Å². The Morgan fingerprint density at radius 3 is 2.11 bits per heavy atom. The second-order valence-corrected chi connectivity index (χ2v) is 3.20. The molecule has 0 aliphatic heterocycles. The molecule has 0 rings (SSSR count). The Hall–Kier alpha value is -0.130. The summed E-state index contributed by atoms with van der Waals surface area (Å²) in [4.78, 5) is 0. The first kappa shape index (κ1) is 8.87. The molecule has 9 heavy (non-hydrogen) atoms. The Bertz CT molecular complexity index is 157. The molecule has 0 bridgehead atoms. The van der Waals surface area contributed by atoms with Crippen LogP contribution in [0.2, 0.25) is 0 Å². The molecule has 0 radical (unpaired) electrons. The van der Waals surface area contributed by atoms with Crippen molar-refractivity contribution in [2.75, 3.05) is 6.61 Å². The standard InChI is InChI=1S/C4H10O4S/c1-4(2)3-8-9(5,6)7/h4H,3H2,1-2H3,(H,5,6,7). The molecule has 0 aliphatic carbocycles. The lowest BCUT2D eigenvalue weighted by molar-refractivity contribution is 0.238. The van der Waals surface area contributed by atoms with Gasteiger partial charge in [-0.05, 0) is 5.92 Å². The van der Waals surface area contributed by atoms with E-state index in [1.54, 1.807) is 13.8 Å². The van der Waals surface area contributed by atoms with Gasteiger partial charge in [0, 0.05) is 0 Å². The molecule has 56 valence electrons. The van der Waals surface area contributed by atoms with E-state index < -0.39 is 10.4 Å². The normalized spacial score (nSPS) is 12.4. The van der Waals surface area contributed by atoms with E-state index in [2.05, 4.69) is 4.18 Å². The first-order valence-electron chi connectivity index (χ1n) is 2.53. The van der Waals surface area contributed by atoms with E-state index in [9.17, 15) is 8.42 Å². The summed E-state index contributed by atoms with van der Waals surface area (Å²) in [6.07, 6.45) is 0. The van der Waals surface area contributed by atoms with Crippen molar-refractivity contribution >= 4 is 10.4 Å². The molecule has 0 amide bonds. The second-order valence-electron chi connectivity index (χ2n) is 2.11. The Morgan fingerprint density at radius 1 is 1.56 bits per heavy atom. The molecule has 0 aliphatic rings. The highest BCUT2D eigenvalue weighted by atomic mass is 32.3. The van der Waals surface area contributed by atoms with Gasteiger partial charge in [0.1, 0.15) is 0 Å². The Labute approximate surface area is 54.8 Å². The highest BCUT2D eigenvalue weighted by Gasteiger charge is 2.04. The fourth-order valence-corrected chi connectivity index (χ4v) is 0.666. The predicted molar refractivity (Wildman–Crippen MR) is 32.3 cm³/mol. The maximum atomic E-state index is 9.87. The van der Waals surface area contributed by atoms with Crippen molar-refractivity contribution in [2.45, 2.75) is 13.8 Å². The molecular weight excluding hydrogens is 144 g/mol. The van der Waals surface area contributed by atoms with E-state index >= 15 is 0 Å². The Morgan fingerprint density at radius 2 is 2.00 bits per heavy atom. The molecule has 5 heteroatoms. The first-order chi connectivity index (χ1) is 3.92. The summed E-state index contributed by atoms with van der Waals surface area (Å²) in [7, 11) is -4.22. The third-order valence-electron chi connectivity index (χ3n) is 0.550. The van der Waals surface area contributed by atoms with Crippen LogP contribution in [0.3, 0.4) is 0 Å². The van der Waals surface area contributed by atoms with Crippen LogP contribution in [0.4, 0.5) is 0 Å². The lowest BCUT2D eigenvalue weighted by atomic mass is 10.2. The van der Waals surface area contributed by atoms with Gasteiger partial charge in [-0.15, -0.1) is 0 Å². The smallest absolute Gasteiger partial charge is 0.264 e. The fraction of sp³-hybridized carbons (Fsp3) is 1.00. The zero-order chi connectivity index (χ0) is 7.49. The van der Waals surface area contributed by atoms with Gasteiger partial charge in [-0.3, -0.25) is 4.55 Å². The molecule has 0 aromatic heterocycles. The summed E-state index contributed by atoms with van der Waals surface area (Å²) in [5.41, 5.74) is 0. The van der Waals surface area contributed by atoms with Gasteiger partial charge in [-0.1, -0.05) is 13.8 Å². The molecule has 0 atom stereocenters. The SMILES string of the molecule is CC(C)COS(=O)(=O)O. The largest absolute Gasteiger partial charge is 0.397 e. The van der Waals surface area contributed by atoms with Crippen molar-refractivity contribution in [3.05, 3.63) is 0 Å². The number of hydrogen-bond acceptors (Lipinski definition) is 3. The summed E-state index contributed by atoms with van der Waals surface area (Å²) in [6, 6.07) is 0. The summed E-state index contributed by atoms with van der Waals surface area (Å²) in [6.45, 7) is 3.59. The van der Waals surface area contributed by atoms with E-state index in [0.29, 0.717) is 0 Å². The molecule has 0 saturated carbocycles. The summed E-state index contributed by atoms with van der Waals surface area (Å²) >= 11 is 0. The average Bonchev–Trinajstić information content (AvgIpc) is 1.59. The van der Waals surface area contributed by atoms with Gasteiger partial charge in [-0.25, -0.2) is 4.18 Å². The van der Waals surface area contributed by atoms with Crippen LogP contribution in [0.25, 0.3) is 0 Å². The lowest BCUT2D eigenvalue weighted by Crippen LogP contribution is -2.08. The molecule has 0 aromatic rings. The lowest BCUT2D eigenvalue weighted by Gasteiger charge is -2.00. The van der Waals surface area contributed by atoms with Crippen molar-refractivity contribution in [3.63, 3.8) is 0 Å². The molecule has 0 saturated heterocycles. The molecule has 0 unspecified atom stereocenters. The molecule has 0 spiro atoms. The van der Waals surface area contributed by atoms with Crippen LogP contribution in [0, 0.1) is 5.92 Å². The molecule has 0 fully saturated rings. The van der Waals surface area contributed by atoms with Gasteiger partial charge in [0.05, 0.1) is 6.61 Å². The van der Waals surface area contributed by atoms with Crippen LogP contribution in [-0.2, 0) is 14.6 Å². The predicted octanol–water partition coefficient (Wildman–Crippen LogP) is 0.462. The topological polar surface area (TPSA) is 63.6 Å². The minimum Gasteiger partial charge on any atom is -0.264 e. The summed E-state index contributed by atoms with van der Waals surface area (Å²) in [5.74, 6) is 0.104. The molecule has 0 aromatic carbocycles. The summed E-state index contributed by atoms with van der Waals surface area (Å²) in [5, 5.41) is 0. The second kappa shape index (κ2) is 3.14. The van der Waals surface area contributed by atoms with Crippen molar-refractivity contribution in [1.82, 2.24) is 0 Å². The van der Waals surface area contributed by atoms with E-state index in [4.69, 9.17) is 4.55 Å². The van der Waals surface area contributed by atoms with Crippen LogP contribution >= 0.6 is 0 Å². The Balaban J connectivity index is 3.53. The van der Waals surface area contributed by atoms with Gasteiger partial charge in [0.2, 0.25) is 0 Å². The monoisotopic (exact) mass is 154 g/mol. The number of rotatable bonds is 3. The fourth-order valence-electron chi connectivity index (χ4n) is 0.222. The van der Waals surface area contributed by atoms with Crippen LogP contribution < -0.4 is 0 Å². The van der Waals surface area contributed by atoms with Gasteiger partial charge < -0.3 is 0 Å². The van der Waals surface area contributed by atoms with Crippen molar-refractivity contribution in [3.8, 4) is 0 Å². The van der Waals surface area contributed by atoms with Crippen LogP contribution in [0.5, 0.6) is 0 Å². The quantitative estimate of drug-likeness (QED) is 0.600. The molecule has 1 N–H and O–H groups in total. The van der Waals surface area contributed by atoms with Gasteiger partial charge in [-0.2, -0.15) is 8.42 Å².